The van der Waals surface area contributed by atoms with Gasteiger partial charge in [0.15, 0.2) is 25.2 Å². The molecule has 27 unspecified atom stereocenters. The van der Waals surface area contributed by atoms with Gasteiger partial charge in [-0.1, -0.05) is 46.3 Å². The van der Waals surface area contributed by atoms with Crippen molar-refractivity contribution in [1.29, 1.82) is 0 Å². The molecule has 4 aliphatic carbocycles. The first kappa shape index (κ1) is 60.0. The molecule has 434 valence electrons. The third-order valence-electron chi connectivity index (χ3n) is 20.5. The van der Waals surface area contributed by atoms with Crippen molar-refractivity contribution in [3.05, 3.63) is 11.6 Å². The fraction of sp³-hybridized carbons (Fsp3) is 0.962. The van der Waals surface area contributed by atoms with Crippen LogP contribution in [-0.4, -0.2) is 232 Å². The van der Waals surface area contributed by atoms with E-state index >= 15 is 0 Å². The van der Waals surface area contributed by atoms with Crippen molar-refractivity contribution in [2.75, 3.05) is 26.4 Å². The molecule has 22 heteroatoms. The van der Waals surface area contributed by atoms with E-state index in [0.29, 0.717) is 38.5 Å². The molecule has 29 atom stereocenters. The first-order valence-corrected chi connectivity index (χ1v) is 27.3. The SMILES string of the molecule is CC(C)=CCCC(C)(OC1OC(COC2OC(CO)C(O)C2O)C(O)C(O)C1O)C1CCC2(C)C1C(O)CC1[C@@]3(C)CCC(OC4OC(CO)C(O)C(O)C4OC4OC(CO)C(O)C(O)C4O)C(C)(C)C3CC[C@]12C. The molecule has 0 aromatic rings. The highest BCUT2D eigenvalue weighted by atomic mass is 16.8. The second kappa shape index (κ2) is 22.7. The predicted molar refractivity (Wildman–Crippen MR) is 260 cm³/mol. The molecule has 0 radical (unpaired) electrons. The van der Waals surface area contributed by atoms with Gasteiger partial charge < -0.3 is 109 Å². The summed E-state index contributed by atoms with van der Waals surface area (Å²) in [4.78, 5) is 0. The van der Waals surface area contributed by atoms with E-state index in [0.717, 1.165) is 24.8 Å². The van der Waals surface area contributed by atoms with Gasteiger partial charge in [0.2, 0.25) is 0 Å². The molecule has 4 heterocycles. The number of ether oxygens (including phenoxy) is 8. The van der Waals surface area contributed by atoms with Gasteiger partial charge in [-0.3, -0.25) is 0 Å². The number of rotatable bonds is 16. The Hall–Kier alpha value is -1.14. The number of hydrogen-bond donors (Lipinski definition) is 14. The summed E-state index contributed by atoms with van der Waals surface area (Å²) < 4.78 is 48.9. The average Bonchev–Trinajstić information content (AvgIpc) is 3.89. The van der Waals surface area contributed by atoms with E-state index in [2.05, 4.69) is 40.7 Å². The summed E-state index contributed by atoms with van der Waals surface area (Å²) in [6, 6.07) is 0. The minimum Gasteiger partial charge on any atom is -0.394 e. The van der Waals surface area contributed by atoms with Crippen molar-refractivity contribution in [3.8, 4) is 0 Å². The standard InChI is InChI=1S/C53H90O22/c1-23(2)10-9-14-53(8,75-47-43(67)39(63)37(61)29(72-47)22-68-45-41(65)36(60)28(21-56)69-45)24-11-16-52(7)33(24)25(57)18-31-50(5)15-13-32(49(3,4)30(50)12-17-51(31,52)6)73-48-44(40(64)35(59)27(20-55)71-48)74-46-42(66)38(62)34(58)26(19-54)70-46/h10,24-48,54-67H,9,11-22H2,1-8H3/t24?,25?,26?,27?,28?,29?,30?,31?,32?,33?,34?,35?,36?,37?,38?,39?,40?,41?,42?,43?,44?,45?,46?,47?,48?,50-,51+,52?,53?/m0/s1. The van der Waals surface area contributed by atoms with Gasteiger partial charge in [0.05, 0.1) is 44.2 Å². The Bertz CT molecular complexity index is 1940. The van der Waals surface area contributed by atoms with E-state index in [1.807, 2.05) is 20.8 Å². The first-order valence-electron chi connectivity index (χ1n) is 27.3. The minimum absolute atomic E-state index is 0.0508. The van der Waals surface area contributed by atoms with Gasteiger partial charge in [0.1, 0.15) is 91.6 Å². The molecule has 22 nitrogen and oxygen atoms in total. The van der Waals surface area contributed by atoms with E-state index in [1.165, 1.54) is 0 Å². The van der Waals surface area contributed by atoms with Gasteiger partial charge >= 0.3 is 0 Å². The van der Waals surface area contributed by atoms with Crippen LogP contribution in [0.5, 0.6) is 0 Å². The summed E-state index contributed by atoms with van der Waals surface area (Å²) >= 11 is 0. The second-order valence-corrected chi connectivity index (χ2v) is 25.3. The molecule has 0 aromatic carbocycles. The Morgan fingerprint density at radius 2 is 1.08 bits per heavy atom. The van der Waals surface area contributed by atoms with Crippen molar-refractivity contribution in [2.24, 2.45) is 45.3 Å². The summed E-state index contributed by atoms with van der Waals surface area (Å²) in [5.74, 6) is -0.394. The lowest BCUT2D eigenvalue weighted by molar-refractivity contribution is -0.378. The quantitative estimate of drug-likeness (QED) is 0.0614. The third-order valence-corrected chi connectivity index (χ3v) is 20.5. The lowest BCUT2D eigenvalue weighted by Crippen LogP contribution is -2.68. The Balaban J connectivity index is 1.01. The van der Waals surface area contributed by atoms with Crippen LogP contribution in [0.1, 0.15) is 113 Å². The minimum atomic E-state index is -1.81. The lowest BCUT2D eigenvalue weighted by atomic mass is 9.35. The van der Waals surface area contributed by atoms with E-state index in [1.54, 1.807) is 0 Å². The molecule has 4 saturated heterocycles. The normalized spacial score (nSPS) is 52.6. The van der Waals surface area contributed by atoms with Crippen LogP contribution in [0.2, 0.25) is 0 Å². The molecule has 8 fully saturated rings. The zero-order valence-electron chi connectivity index (χ0n) is 44.7. The van der Waals surface area contributed by atoms with Crippen molar-refractivity contribution in [2.45, 2.75) is 248 Å². The largest absolute Gasteiger partial charge is 0.394 e. The average molecular weight is 1080 g/mol. The number of aliphatic hydroxyl groups is 14. The maximum absolute atomic E-state index is 12.8. The zero-order chi connectivity index (χ0) is 55.1. The smallest absolute Gasteiger partial charge is 0.187 e. The molecule has 14 N–H and O–H groups in total. The van der Waals surface area contributed by atoms with E-state index in [4.69, 9.17) is 37.9 Å². The molecule has 0 spiro atoms. The van der Waals surface area contributed by atoms with Crippen molar-refractivity contribution in [1.82, 2.24) is 0 Å². The lowest BCUT2D eigenvalue weighted by Gasteiger charge is -2.71. The molecule has 75 heavy (non-hydrogen) atoms. The maximum atomic E-state index is 12.8. The second-order valence-electron chi connectivity index (χ2n) is 25.3. The van der Waals surface area contributed by atoms with E-state index in [9.17, 15) is 71.5 Å². The van der Waals surface area contributed by atoms with Crippen LogP contribution in [-0.2, 0) is 37.9 Å². The molecule has 8 aliphatic rings. The van der Waals surface area contributed by atoms with Crippen LogP contribution in [0.15, 0.2) is 11.6 Å². The van der Waals surface area contributed by atoms with E-state index < -0.39 is 172 Å². The van der Waals surface area contributed by atoms with Crippen LogP contribution in [0, 0.1) is 45.3 Å². The maximum Gasteiger partial charge on any atom is 0.187 e. The summed E-state index contributed by atoms with van der Waals surface area (Å²) in [5, 5.41) is 151. The Kier molecular flexibility index (Phi) is 18.1. The molecule has 0 amide bonds. The number of allylic oxidation sites excluding steroid dienone is 2. The highest BCUT2D eigenvalue weighted by Crippen LogP contribution is 2.76. The highest BCUT2D eigenvalue weighted by Gasteiger charge is 2.72. The Morgan fingerprint density at radius 3 is 1.69 bits per heavy atom. The summed E-state index contributed by atoms with van der Waals surface area (Å²) in [6.07, 6.45) is -22.1. The topological polar surface area (TPSA) is 357 Å². The molecular weight excluding hydrogens is 989 g/mol. The third kappa shape index (κ3) is 10.5. The predicted octanol–water partition coefficient (Wildman–Crippen LogP) is -1.56. The highest BCUT2D eigenvalue weighted by molar-refractivity contribution is 5.20. The van der Waals surface area contributed by atoms with Gasteiger partial charge in [-0.05, 0) is 124 Å². The van der Waals surface area contributed by atoms with Crippen molar-refractivity contribution >= 4 is 0 Å². The van der Waals surface area contributed by atoms with Crippen LogP contribution < -0.4 is 0 Å². The van der Waals surface area contributed by atoms with E-state index in [-0.39, 0.29) is 34.5 Å². The first-order chi connectivity index (χ1) is 35.1. The monoisotopic (exact) mass is 1080 g/mol. The van der Waals surface area contributed by atoms with Gasteiger partial charge in [0, 0.05) is 0 Å². The number of hydrogen-bond acceptors (Lipinski definition) is 22. The molecular formula is C53H90O22. The fourth-order valence-electron chi connectivity index (χ4n) is 16.1. The van der Waals surface area contributed by atoms with Crippen LogP contribution >= 0.6 is 0 Å². The van der Waals surface area contributed by atoms with Crippen molar-refractivity contribution in [3.63, 3.8) is 0 Å². The molecule has 8 rings (SSSR count). The van der Waals surface area contributed by atoms with Gasteiger partial charge in [-0.2, -0.15) is 0 Å². The molecule has 4 saturated carbocycles. The number of fused-ring (bicyclic) bond motifs is 5. The number of aliphatic hydroxyl groups excluding tert-OH is 14. The fourth-order valence-corrected chi connectivity index (χ4v) is 16.1. The van der Waals surface area contributed by atoms with Crippen LogP contribution in [0.3, 0.4) is 0 Å². The van der Waals surface area contributed by atoms with Gasteiger partial charge in [-0.15, -0.1) is 0 Å². The van der Waals surface area contributed by atoms with Crippen molar-refractivity contribution < 1.29 is 109 Å². The Morgan fingerprint density at radius 1 is 0.560 bits per heavy atom. The zero-order valence-corrected chi connectivity index (χ0v) is 44.7. The van der Waals surface area contributed by atoms with Gasteiger partial charge in [-0.25, -0.2) is 0 Å². The van der Waals surface area contributed by atoms with Crippen LogP contribution in [0.4, 0.5) is 0 Å². The molecule has 0 bridgehead atoms. The molecule has 0 aromatic heterocycles. The summed E-state index contributed by atoms with van der Waals surface area (Å²) in [6.45, 7) is 14.9. The Labute approximate surface area is 439 Å². The van der Waals surface area contributed by atoms with Gasteiger partial charge in [0.25, 0.3) is 0 Å². The molecule has 4 aliphatic heterocycles. The summed E-state index contributed by atoms with van der Waals surface area (Å²) in [7, 11) is 0. The summed E-state index contributed by atoms with van der Waals surface area (Å²) in [5.41, 5.74) is -1.47. The van der Waals surface area contributed by atoms with Crippen LogP contribution in [0.25, 0.3) is 0 Å².